The zero-order chi connectivity index (χ0) is 14.8. The Labute approximate surface area is 145 Å². The summed E-state index contributed by atoms with van der Waals surface area (Å²) in [6.45, 7) is 6.29. The first kappa shape index (κ1) is 18.2. The van der Waals surface area contributed by atoms with Crippen LogP contribution in [0.2, 0.25) is 0 Å². The van der Waals surface area contributed by atoms with Crippen molar-refractivity contribution in [2.45, 2.75) is 26.2 Å². The van der Waals surface area contributed by atoms with Gasteiger partial charge in [0, 0.05) is 5.69 Å². The number of aromatic nitrogens is 2. The van der Waals surface area contributed by atoms with Crippen molar-refractivity contribution < 1.29 is 16.4 Å². The Morgan fingerprint density at radius 2 is 1.86 bits per heavy atom. The zero-order valence-electron chi connectivity index (χ0n) is 11.9. The average molecular weight is 365 g/mol. The van der Waals surface area contributed by atoms with E-state index >= 15 is 0 Å². The van der Waals surface area contributed by atoms with Gasteiger partial charge in [0.1, 0.15) is 22.2 Å². The lowest BCUT2D eigenvalue weighted by Crippen LogP contribution is -3.00. The molecule has 0 radical (unpaired) electrons. The van der Waals surface area contributed by atoms with Gasteiger partial charge in [0.15, 0.2) is 0 Å². The van der Waals surface area contributed by atoms with E-state index in [1.165, 1.54) is 11.5 Å². The van der Waals surface area contributed by atoms with Crippen molar-refractivity contribution in [3.05, 3.63) is 40.6 Å². The second-order valence-corrected chi connectivity index (χ2v) is 7.29. The van der Waals surface area contributed by atoms with Gasteiger partial charge in [-0.3, -0.25) is 0 Å². The fourth-order valence-corrected chi connectivity index (χ4v) is 3.02. The number of nitrogens with zero attached hydrogens (tertiary/aromatic N) is 2. The fraction of sp³-hybridized carbons (Fsp3) is 0.286. The van der Waals surface area contributed by atoms with Crippen molar-refractivity contribution in [2.24, 2.45) is 0 Å². The molecule has 1 heterocycles. The molecule has 2 aromatic rings. The highest BCUT2D eigenvalue weighted by atomic mass is 35.5. The quantitative estimate of drug-likeness (QED) is 0.840. The van der Waals surface area contributed by atoms with Crippen LogP contribution in [-0.4, -0.2) is 4.98 Å². The van der Waals surface area contributed by atoms with Crippen molar-refractivity contribution in [2.75, 3.05) is 5.32 Å². The molecule has 3 nitrogen and oxygen atoms in total. The summed E-state index contributed by atoms with van der Waals surface area (Å²) in [6, 6.07) is 9.91. The van der Waals surface area contributed by atoms with Gasteiger partial charge in [0.05, 0.1) is 5.41 Å². The van der Waals surface area contributed by atoms with Crippen LogP contribution in [0.1, 0.15) is 26.6 Å². The molecule has 0 spiro atoms. The van der Waals surface area contributed by atoms with E-state index in [4.69, 9.17) is 23.2 Å². The molecule has 1 N–H and O–H groups in total. The number of benzene rings is 1. The van der Waals surface area contributed by atoms with Crippen molar-refractivity contribution in [3.63, 3.8) is 0 Å². The maximum atomic E-state index is 5.77. The number of hydrogen-bond acceptors (Lipinski definition) is 3. The first-order chi connectivity index (χ1) is 9.36. The molecule has 0 atom stereocenters. The number of halogens is 3. The van der Waals surface area contributed by atoms with Crippen LogP contribution in [0.5, 0.6) is 0 Å². The Kier molecular flexibility index (Phi) is 6.47. The Bertz CT molecular complexity index is 614. The molecule has 0 bridgehead atoms. The third-order valence-electron chi connectivity index (χ3n) is 2.51. The molecular formula is C14H16Cl3N3S. The Balaban J connectivity index is 0.00000220. The molecule has 0 amide bonds. The van der Waals surface area contributed by atoms with Crippen molar-refractivity contribution in [3.8, 4) is 0 Å². The number of hydrogen-bond donors (Lipinski definition) is 1. The number of rotatable bonds is 3. The molecule has 0 aliphatic carbocycles. The van der Waals surface area contributed by atoms with E-state index in [2.05, 4.69) is 31.1 Å². The minimum absolute atomic E-state index is 0. The first-order valence-corrected chi connectivity index (χ1v) is 7.67. The molecule has 0 unspecified atom stereocenters. The smallest absolute Gasteiger partial charge is 0.339 e. The summed E-state index contributed by atoms with van der Waals surface area (Å²) in [5.41, 5.74) is 0.891. The highest BCUT2D eigenvalue weighted by Crippen LogP contribution is 2.24. The lowest BCUT2D eigenvalue weighted by atomic mass is 9.96. The minimum atomic E-state index is -0.104. The molecule has 0 saturated carbocycles. The summed E-state index contributed by atoms with van der Waals surface area (Å²) in [5.74, 6) is 0.903. The molecule has 1 aromatic heterocycles. The predicted molar refractivity (Wildman–Crippen MR) is 86.7 cm³/mol. The molecule has 0 saturated heterocycles. The molecule has 7 heteroatoms. The van der Waals surface area contributed by atoms with E-state index < -0.39 is 0 Å². The highest BCUT2D eigenvalue weighted by Gasteiger charge is 2.32. The van der Waals surface area contributed by atoms with Crippen LogP contribution in [-0.2, 0) is 5.41 Å². The third-order valence-corrected chi connectivity index (χ3v) is 3.55. The summed E-state index contributed by atoms with van der Waals surface area (Å²) in [7, 11) is 0. The van der Waals surface area contributed by atoms with Crippen LogP contribution in [0.25, 0.3) is 6.20 Å². The summed E-state index contributed by atoms with van der Waals surface area (Å²) in [6.07, 6.45) is 1.66. The molecule has 21 heavy (non-hydrogen) atoms. The van der Waals surface area contributed by atoms with Gasteiger partial charge in [-0.05, 0) is 37.9 Å². The van der Waals surface area contributed by atoms with Gasteiger partial charge in [0.25, 0.3) is 0 Å². The van der Waals surface area contributed by atoms with Gasteiger partial charge in [-0.2, -0.15) is 0 Å². The SMILES string of the molecule is CC(C)(C)c1nc(Nc2ccccc2)s[n+]1C=C(Cl)Cl.[Cl-]. The summed E-state index contributed by atoms with van der Waals surface area (Å²) < 4.78 is 2.09. The monoisotopic (exact) mass is 363 g/mol. The first-order valence-electron chi connectivity index (χ1n) is 6.14. The molecule has 114 valence electrons. The van der Waals surface area contributed by atoms with Gasteiger partial charge < -0.3 is 17.7 Å². The standard InChI is InChI=1S/C14H15Cl2N3S.ClH/c1-14(2,3)12-18-13(20-19(12)9-11(15)16)17-10-7-5-4-6-8-10;/h4-9H,1-3H3;1H. The molecule has 0 aliphatic heterocycles. The van der Waals surface area contributed by atoms with Gasteiger partial charge in [-0.25, -0.2) is 0 Å². The van der Waals surface area contributed by atoms with Gasteiger partial charge in [-0.15, -0.1) is 3.96 Å². The lowest BCUT2D eigenvalue weighted by molar-refractivity contribution is -0.509. The van der Waals surface area contributed by atoms with E-state index in [0.29, 0.717) is 0 Å². The Hall–Kier alpha value is -0.810. The number of nitrogens with one attached hydrogen (secondary N) is 1. The topological polar surface area (TPSA) is 28.8 Å². The second-order valence-electron chi connectivity index (χ2n) is 5.32. The molecule has 2 rings (SSSR count). The normalized spacial score (nSPS) is 10.7. The summed E-state index contributed by atoms with van der Waals surface area (Å²) in [4.78, 5) is 4.64. The third kappa shape index (κ3) is 5.15. The molecule has 0 aliphatic rings. The van der Waals surface area contributed by atoms with Crippen LogP contribution in [0.3, 0.4) is 0 Å². The van der Waals surface area contributed by atoms with Gasteiger partial charge in [0.2, 0.25) is 0 Å². The highest BCUT2D eigenvalue weighted by molar-refractivity contribution is 7.06. The predicted octanol–water partition coefficient (Wildman–Crippen LogP) is 1.71. The molecular weight excluding hydrogens is 349 g/mol. The van der Waals surface area contributed by atoms with E-state index in [1.54, 1.807) is 6.20 Å². The van der Waals surface area contributed by atoms with Crippen molar-refractivity contribution >= 4 is 51.8 Å². The lowest BCUT2D eigenvalue weighted by Gasteiger charge is -2.08. The number of para-hydroxylation sites is 1. The van der Waals surface area contributed by atoms with E-state index in [1.807, 2.05) is 34.3 Å². The minimum Gasteiger partial charge on any atom is -1.00 e. The summed E-state index contributed by atoms with van der Waals surface area (Å²) >= 11 is 13.0. The van der Waals surface area contributed by atoms with Crippen LogP contribution in [0.4, 0.5) is 10.8 Å². The maximum Gasteiger partial charge on any atom is 0.339 e. The van der Waals surface area contributed by atoms with Crippen molar-refractivity contribution in [1.82, 2.24) is 4.98 Å². The Morgan fingerprint density at radius 3 is 2.38 bits per heavy atom. The second kappa shape index (κ2) is 7.45. The number of anilines is 2. The van der Waals surface area contributed by atoms with E-state index in [0.717, 1.165) is 16.6 Å². The maximum absolute atomic E-state index is 5.77. The van der Waals surface area contributed by atoms with E-state index in [-0.39, 0.29) is 22.3 Å². The van der Waals surface area contributed by atoms with Crippen LogP contribution in [0, 0.1) is 0 Å². The Morgan fingerprint density at radius 1 is 1.24 bits per heavy atom. The van der Waals surface area contributed by atoms with Gasteiger partial charge in [-0.1, -0.05) is 41.4 Å². The zero-order valence-corrected chi connectivity index (χ0v) is 15.0. The largest absolute Gasteiger partial charge is 1.00 e. The van der Waals surface area contributed by atoms with Crippen LogP contribution < -0.4 is 21.7 Å². The summed E-state index contributed by atoms with van der Waals surface area (Å²) in [5, 5.41) is 4.08. The molecule has 1 aromatic carbocycles. The molecule has 0 fully saturated rings. The van der Waals surface area contributed by atoms with Crippen LogP contribution >= 0.6 is 34.7 Å². The fourth-order valence-electron chi connectivity index (χ4n) is 1.67. The van der Waals surface area contributed by atoms with Crippen LogP contribution in [0.15, 0.2) is 34.8 Å². The van der Waals surface area contributed by atoms with Gasteiger partial charge >= 0.3 is 11.0 Å². The van der Waals surface area contributed by atoms with E-state index in [9.17, 15) is 0 Å². The van der Waals surface area contributed by atoms with Crippen molar-refractivity contribution in [1.29, 1.82) is 0 Å². The average Bonchev–Trinajstić information content (AvgIpc) is 2.72.